The van der Waals surface area contributed by atoms with Crippen molar-refractivity contribution in [2.75, 3.05) is 7.11 Å². The number of hydrogen-bond acceptors (Lipinski definition) is 5. The Labute approximate surface area is 143 Å². The zero-order valence-corrected chi connectivity index (χ0v) is 14.1. The molecule has 6 nitrogen and oxygen atoms in total. The maximum Gasteiger partial charge on any atom is 0.274 e. The number of benzene rings is 2. The van der Waals surface area contributed by atoms with E-state index in [9.17, 15) is 22.0 Å². The molecule has 0 spiro atoms. The molecule has 0 saturated carbocycles. The number of amides is 1. The van der Waals surface area contributed by atoms with E-state index in [1.54, 1.807) is 29.0 Å². The molecule has 1 amide bonds. The first-order valence-corrected chi connectivity index (χ1v) is 8.53. The molecule has 25 heavy (non-hydrogen) atoms. The molecule has 2 aromatic carbocycles. The normalized spacial score (nSPS) is 12.3. The molecule has 0 aromatic heterocycles. The van der Waals surface area contributed by atoms with Crippen LogP contribution >= 0.6 is 0 Å². The fourth-order valence-corrected chi connectivity index (χ4v) is 2.88. The largest absolute Gasteiger partial charge is 0.497 e. The summed E-state index contributed by atoms with van der Waals surface area (Å²) in [4.78, 5) is 11.4. The molecule has 9 heteroatoms. The first-order chi connectivity index (χ1) is 11.7. The SMILES string of the molecule is COc1ccc(OC(C)C(=O)NS(=O)(=O)c2ccc(F)c(F)c2)cc1. The van der Waals surface area contributed by atoms with Crippen LogP contribution in [0.15, 0.2) is 47.4 Å². The summed E-state index contributed by atoms with van der Waals surface area (Å²) < 4.78 is 62.2. The first-order valence-electron chi connectivity index (χ1n) is 7.05. The molecule has 1 unspecified atom stereocenters. The number of hydrogen-bond donors (Lipinski definition) is 1. The van der Waals surface area contributed by atoms with Gasteiger partial charge >= 0.3 is 0 Å². The van der Waals surface area contributed by atoms with Crippen LogP contribution in [0.1, 0.15) is 6.92 Å². The van der Waals surface area contributed by atoms with Gasteiger partial charge < -0.3 is 9.47 Å². The molecular weight excluding hydrogens is 356 g/mol. The van der Waals surface area contributed by atoms with Crippen LogP contribution in [-0.4, -0.2) is 27.5 Å². The van der Waals surface area contributed by atoms with Crippen molar-refractivity contribution in [2.24, 2.45) is 0 Å². The fourth-order valence-electron chi connectivity index (χ4n) is 1.83. The van der Waals surface area contributed by atoms with E-state index < -0.39 is 38.6 Å². The first kappa shape index (κ1) is 18.7. The van der Waals surface area contributed by atoms with Crippen molar-refractivity contribution in [3.63, 3.8) is 0 Å². The van der Waals surface area contributed by atoms with Crippen LogP contribution in [0.4, 0.5) is 8.78 Å². The van der Waals surface area contributed by atoms with Crippen molar-refractivity contribution in [1.82, 2.24) is 4.72 Å². The molecule has 0 saturated heterocycles. The van der Waals surface area contributed by atoms with E-state index in [2.05, 4.69) is 0 Å². The summed E-state index contributed by atoms with van der Waals surface area (Å²) in [7, 11) is -2.86. The molecular formula is C16H15F2NO5S. The summed E-state index contributed by atoms with van der Waals surface area (Å²) in [6.45, 7) is 1.35. The summed E-state index contributed by atoms with van der Waals surface area (Å²) in [5, 5.41) is 0. The Morgan fingerprint density at radius 2 is 1.64 bits per heavy atom. The quantitative estimate of drug-likeness (QED) is 0.842. The molecule has 134 valence electrons. The van der Waals surface area contributed by atoms with Crippen molar-refractivity contribution in [3.8, 4) is 11.5 Å². The van der Waals surface area contributed by atoms with Gasteiger partial charge in [-0.05, 0) is 49.4 Å². The molecule has 0 heterocycles. The highest BCUT2D eigenvalue weighted by molar-refractivity contribution is 7.90. The van der Waals surface area contributed by atoms with Gasteiger partial charge in [0.2, 0.25) is 0 Å². The Kier molecular flexibility index (Phi) is 5.58. The highest BCUT2D eigenvalue weighted by atomic mass is 32.2. The molecule has 2 rings (SSSR count). The van der Waals surface area contributed by atoms with Crippen LogP contribution in [-0.2, 0) is 14.8 Å². The summed E-state index contributed by atoms with van der Waals surface area (Å²) in [5.74, 6) is -2.57. The zero-order valence-electron chi connectivity index (χ0n) is 13.3. The second-order valence-electron chi connectivity index (χ2n) is 4.98. The average Bonchev–Trinajstić information content (AvgIpc) is 2.57. The van der Waals surface area contributed by atoms with Crippen LogP contribution in [0, 0.1) is 11.6 Å². The standard InChI is InChI=1S/C16H15F2NO5S/c1-10(24-12-5-3-11(23-2)4-6-12)16(20)19-25(21,22)13-7-8-14(17)15(18)9-13/h3-10H,1-2H3,(H,19,20). The van der Waals surface area contributed by atoms with Crippen molar-refractivity contribution in [2.45, 2.75) is 17.9 Å². The van der Waals surface area contributed by atoms with Crippen molar-refractivity contribution in [1.29, 1.82) is 0 Å². The Morgan fingerprint density at radius 1 is 1.04 bits per heavy atom. The van der Waals surface area contributed by atoms with E-state index in [1.165, 1.54) is 14.0 Å². The highest BCUT2D eigenvalue weighted by Gasteiger charge is 2.24. The lowest BCUT2D eigenvalue weighted by Crippen LogP contribution is -2.40. The molecule has 0 aliphatic rings. The number of nitrogens with one attached hydrogen (secondary N) is 1. The van der Waals surface area contributed by atoms with E-state index in [0.29, 0.717) is 23.6 Å². The lowest BCUT2D eigenvalue weighted by atomic mass is 10.3. The van der Waals surface area contributed by atoms with Gasteiger partial charge in [-0.15, -0.1) is 0 Å². The summed E-state index contributed by atoms with van der Waals surface area (Å²) >= 11 is 0. The molecule has 1 atom stereocenters. The number of methoxy groups -OCH3 is 1. The average molecular weight is 371 g/mol. The third kappa shape index (κ3) is 4.66. The van der Waals surface area contributed by atoms with E-state index in [-0.39, 0.29) is 0 Å². The highest BCUT2D eigenvalue weighted by Crippen LogP contribution is 2.18. The zero-order chi connectivity index (χ0) is 18.6. The van der Waals surface area contributed by atoms with Crippen LogP contribution < -0.4 is 14.2 Å². The second kappa shape index (κ2) is 7.47. The number of ether oxygens (including phenoxy) is 2. The third-order valence-electron chi connectivity index (χ3n) is 3.18. The van der Waals surface area contributed by atoms with E-state index in [1.807, 2.05) is 0 Å². The van der Waals surface area contributed by atoms with Crippen LogP contribution in [0.5, 0.6) is 11.5 Å². The predicted octanol–water partition coefficient (Wildman–Crippen LogP) is 2.25. The Balaban J connectivity index is 2.07. The smallest absolute Gasteiger partial charge is 0.274 e. The van der Waals surface area contributed by atoms with Crippen LogP contribution in [0.25, 0.3) is 0 Å². The van der Waals surface area contributed by atoms with E-state index in [4.69, 9.17) is 9.47 Å². The summed E-state index contributed by atoms with van der Waals surface area (Å²) in [6, 6.07) is 8.31. The van der Waals surface area contributed by atoms with Gasteiger partial charge in [0.15, 0.2) is 17.7 Å². The Morgan fingerprint density at radius 3 is 2.20 bits per heavy atom. The Bertz CT molecular complexity index is 869. The predicted molar refractivity (Wildman–Crippen MR) is 84.8 cm³/mol. The molecule has 0 aliphatic heterocycles. The number of halogens is 2. The van der Waals surface area contributed by atoms with Crippen molar-refractivity contribution < 1.29 is 31.5 Å². The van der Waals surface area contributed by atoms with Gasteiger partial charge in [0, 0.05) is 0 Å². The minimum Gasteiger partial charge on any atom is -0.497 e. The topological polar surface area (TPSA) is 81.7 Å². The molecule has 0 radical (unpaired) electrons. The fraction of sp³-hybridized carbons (Fsp3) is 0.188. The number of rotatable bonds is 6. The molecule has 0 bridgehead atoms. The van der Waals surface area contributed by atoms with Crippen molar-refractivity contribution >= 4 is 15.9 Å². The molecule has 0 fully saturated rings. The number of carbonyl (C=O) groups excluding carboxylic acids is 1. The van der Waals surface area contributed by atoms with E-state index in [0.717, 1.165) is 6.07 Å². The second-order valence-corrected chi connectivity index (χ2v) is 6.66. The van der Waals surface area contributed by atoms with Gasteiger partial charge in [0.25, 0.3) is 15.9 Å². The monoisotopic (exact) mass is 371 g/mol. The summed E-state index contributed by atoms with van der Waals surface area (Å²) in [6.07, 6.45) is -1.14. The molecule has 2 aromatic rings. The van der Waals surface area contributed by atoms with Gasteiger partial charge in [-0.25, -0.2) is 21.9 Å². The van der Waals surface area contributed by atoms with Gasteiger partial charge in [-0.1, -0.05) is 0 Å². The Hall–Kier alpha value is -2.68. The van der Waals surface area contributed by atoms with Gasteiger partial charge in [0.1, 0.15) is 11.5 Å². The minimum absolute atomic E-state index is 0.327. The van der Waals surface area contributed by atoms with Crippen LogP contribution in [0.3, 0.4) is 0 Å². The number of carbonyl (C=O) groups is 1. The molecule has 1 N–H and O–H groups in total. The van der Waals surface area contributed by atoms with Gasteiger partial charge in [0.05, 0.1) is 12.0 Å². The third-order valence-corrected chi connectivity index (χ3v) is 4.52. The van der Waals surface area contributed by atoms with Crippen molar-refractivity contribution in [3.05, 3.63) is 54.1 Å². The maximum atomic E-state index is 13.2. The van der Waals surface area contributed by atoms with Gasteiger partial charge in [-0.2, -0.15) is 0 Å². The maximum absolute atomic E-state index is 13.2. The summed E-state index contributed by atoms with van der Waals surface area (Å²) in [5.41, 5.74) is 0. The molecule has 0 aliphatic carbocycles. The van der Waals surface area contributed by atoms with Gasteiger partial charge in [-0.3, -0.25) is 4.79 Å². The lowest BCUT2D eigenvalue weighted by molar-refractivity contribution is -0.125. The minimum atomic E-state index is -4.35. The number of sulfonamides is 1. The van der Waals surface area contributed by atoms with E-state index >= 15 is 0 Å². The lowest BCUT2D eigenvalue weighted by Gasteiger charge is -2.15. The van der Waals surface area contributed by atoms with Crippen LogP contribution in [0.2, 0.25) is 0 Å².